The Morgan fingerprint density at radius 2 is 2.00 bits per heavy atom. The number of hydrogen-bond donors (Lipinski definition) is 1. The molecular weight excluding hydrogens is 222 g/mol. The standard InChI is InChI=1S/C16H25NO/c1-3-12-17-15-10-6-4-8-13(15)14-9-5-7-11-16(14)18-2/h5,7,9,11,13,15,17H,3-4,6,8,10,12H2,1-2H3. The van der Waals surface area contributed by atoms with Crippen molar-refractivity contribution in [2.24, 2.45) is 0 Å². The van der Waals surface area contributed by atoms with Gasteiger partial charge in [-0.15, -0.1) is 0 Å². The topological polar surface area (TPSA) is 21.3 Å². The highest BCUT2D eigenvalue weighted by Crippen LogP contribution is 2.37. The van der Waals surface area contributed by atoms with Crippen LogP contribution in [0.25, 0.3) is 0 Å². The lowest BCUT2D eigenvalue weighted by Crippen LogP contribution is -2.37. The van der Waals surface area contributed by atoms with E-state index in [0.29, 0.717) is 12.0 Å². The minimum atomic E-state index is 0.612. The molecule has 2 rings (SSSR count). The largest absolute Gasteiger partial charge is 0.496 e. The third-order valence-electron chi connectivity index (χ3n) is 3.96. The van der Waals surface area contributed by atoms with Crippen molar-refractivity contribution in [2.45, 2.75) is 51.0 Å². The summed E-state index contributed by atoms with van der Waals surface area (Å²) in [5.41, 5.74) is 1.38. The maximum absolute atomic E-state index is 5.52. The lowest BCUT2D eigenvalue weighted by atomic mass is 9.79. The predicted octanol–water partition coefficient (Wildman–Crippen LogP) is 3.72. The van der Waals surface area contributed by atoms with E-state index in [1.54, 1.807) is 7.11 Å². The number of hydrogen-bond acceptors (Lipinski definition) is 2. The van der Waals surface area contributed by atoms with Gasteiger partial charge in [-0.1, -0.05) is 38.0 Å². The van der Waals surface area contributed by atoms with Crippen molar-refractivity contribution in [3.8, 4) is 5.75 Å². The van der Waals surface area contributed by atoms with E-state index in [2.05, 4.69) is 36.5 Å². The quantitative estimate of drug-likeness (QED) is 0.856. The summed E-state index contributed by atoms with van der Waals surface area (Å²) in [5, 5.41) is 3.72. The second kappa shape index (κ2) is 6.79. The van der Waals surface area contributed by atoms with Crippen LogP contribution >= 0.6 is 0 Å². The number of methoxy groups -OCH3 is 1. The van der Waals surface area contributed by atoms with Gasteiger partial charge in [0.25, 0.3) is 0 Å². The third kappa shape index (κ3) is 3.05. The van der Waals surface area contributed by atoms with Crippen LogP contribution in [0.2, 0.25) is 0 Å². The first kappa shape index (κ1) is 13.4. The smallest absolute Gasteiger partial charge is 0.122 e. The Labute approximate surface area is 111 Å². The molecule has 2 unspecified atom stereocenters. The zero-order valence-corrected chi connectivity index (χ0v) is 11.6. The van der Waals surface area contributed by atoms with Gasteiger partial charge in [0.1, 0.15) is 5.75 Å². The summed E-state index contributed by atoms with van der Waals surface area (Å²) in [5.74, 6) is 1.66. The summed E-state index contributed by atoms with van der Waals surface area (Å²) in [6.07, 6.45) is 6.47. The summed E-state index contributed by atoms with van der Waals surface area (Å²) < 4.78 is 5.52. The molecule has 0 saturated heterocycles. The zero-order chi connectivity index (χ0) is 12.8. The van der Waals surface area contributed by atoms with Crippen LogP contribution in [0, 0.1) is 0 Å². The van der Waals surface area contributed by atoms with Crippen LogP contribution in [0.15, 0.2) is 24.3 Å². The van der Waals surface area contributed by atoms with Gasteiger partial charge in [0.05, 0.1) is 7.11 Å². The van der Waals surface area contributed by atoms with E-state index in [1.807, 2.05) is 0 Å². The van der Waals surface area contributed by atoms with Crippen LogP contribution in [-0.2, 0) is 0 Å². The first-order valence-electron chi connectivity index (χ1n) is 7.23. The molecule has 100 valence electrons. The molecule has 0 aromatic heterocycles. The molecule has 2 atom stereocenters. The molecule has 0 spiro atoms. The fourth-order valence-corrected chi connectivity index (χ4v) is 3.05. The minimum Gasteiger partial charge on any atom is -0.496 e. The molecule has 1 aliphatic carbocycles. The van der Waals surface area contributed by atoms with Crippen LogP contribution in [-0.4, -0.2) is 19.7 Å². The Morgan fingerprint density at radius 3 is 2.78 bits per heavy atom. The third-order valence-corrected chi connectivity index (χ3v) is 3.96. The maximum Gasteiger partial charge on any atom is 0.122 e. The molecule has 0 radical (unpaired) electrons. The van der Waals surface area contributed by atoms with E-state index in [0.717, 1.165) is 12.3 Å². The van der Waals surface area contributed by atoms with Crippen molar-refractivity contribution in [3.05, 3.63) is 29.8 Å². The highest BCUT2D eigenvalue weighted by molar-refractivity contribution is 5.37. The molecule has 0 bridgehead atoms. The summed E-state index contributed by atoms with van der Waals surface area (Å²) in [4.78, 5) is 0. The Morgan fingerprint density at radius 1 is 1.22 bits per heavy atom. The number of nitrogens with one attached hydrogen (secondary N) is 1. The summed E-state index contributed by atoms with van der Waals surface area (Å²) in [6, 6.07) is 9.12. The van der Waals surface area contributed by atoms with Gasteiger partial charge in [0.2, 0.25) is 0 Å². The predicted molar refractivity (Wildman–Crippen MR) is 76.3 cm³/mol. The van der Waals surface area contributed by atoms with Gasteiger partial charge in [-0.25, -0.2) is 0 Å². The van der Waals surface area contributed by atoms with Gasteiger partial charge in [-0.3, -0.25) is 0 Å². The molecule has 1 aliphatic rings. The highest BCUT2D eigenvalue weighted by Gasteiger charge is 2.27. The molecule has 0 heterocycles. The molecular formula is C16H25NO. The van der Waals surface area contributed by atoms with E-state index >= 15 is 0 Å². The van der Waals surface area contributed by atoms with Crippen molar-refractivity contribution in [2.75, 3.05) is 13.7 Å². The SMILES string of the molecule is CCCNC1CCCCC1c1ccccc1OC. The number of benzene rings is 1. The molecule has 1 fully saturated rings. The molecule has 2 heteroatoms. The maximum atomic E-state index is 5.52. The Balaban J connectivity index is 2.16. The van der Waals surface area contributed by atoms with Crippen molar-refractivity contribution < 1.29 is 4.74 Å². The van der Waals surface area contributed by atoms with Gasteiger partial charge in [-0.2, -0.15) is 0 Å². The van der Waals surface area contributed by atoms with E-state index in [-0.39, 0.29) is 0 Å². The van der Waals surface area contributed by atoms with Crippen LogP contribution in [0.3, 0.4) is 0 Å². The van der Waals surface area contributed by atoms with Crippen molar-refractivity contribution in [3.63, 3.8) is 0 Å². The minimum absolute atomic E-state index is 0.612. The molecule has 0 aliphatic heterocycles. The van der Waals surface area contributed by atoms with Gasteiger partial charge in [0.15, 0.2) is 0 Å². The molecule has 2 nitrogen and oxygen atoms in total. The second-order valence-electron chi connectivity index (χ2n) is 5.19. The number of ether oxygens (including phenoxy) is 1. The summed E-state index contributed by atoms with van der Waals surface area (Å²) >= 11 is 0. The van der Waals surface area contributed by atoms with Gasteiger partial charge in [0, 0.05) is 12.0 Å². The normalized spacial score (nSPS) is 23.9. The van der Waals surface area contributed by atoms with E-state index < -0.39 is 0 Å². The van der Waals surface area contributed by atoms with Gasteiger partial charge in [-0.05, 0) is 37.4 Å². The lowest BCUT2D eigenvalue weighted by Gasteiger charge is -2.33. The molecule has 18 heavy (non-hydrogen) atoms. The molecule has 1 aromatic carbocycles. The van der Waals surface area contributed by atoms with Crippen LogP contribution in [0.1, 0.15) is 50.5 Å². The summed E-state index contributed by atoms with van der Waals surface area (Å²) in [7, 11) is 1.77. The molecule has 1 aromatic rings. The number of para-hydroxylation sites is 1. The van der Waals surface area contributed by atoms with Crippen molar-refractivity contribution in [1.29, 1.82) is 0 Å². The van der Waals surface area contributed by atoms with Crippen LogP contribution < -0.4 is 10.1 Å². The summed E-state index contributed by atoms with van der Waals surface area (Å²) in [6.45, 7) is 3.35. The Hall–Kier alpha value is -1.02. The number of rotatable bonds is 5. The second-order valence-corrected chi connectivity index (χ2v) is 5.19. The molecule has 1 N–H and O–H groups in total. The Bertz CT molecular complexity index is 364. The first-order chi connectivity index (χ1) is 8.86. The average Bonchev–Trinajstić information content (AvgIpc) is 2.45. The zero-order valence-electron chi connectivity index (χ0n) is 11.6. The lowest BCUT2D eigenvalue weighted by molar-refractivity contribution is 0.317. The van der Waals surface area contributed by atoms with Gasteiger partial charge < -0.3 is 10.1 Å². The van der Waals surface area contributed by atoms with E-state index in [1.165, 1.54) is 37.7 Å². The fraction of sp³-hybridized carbons (Fsp3) is 0.625. The van der Waals surface area contributed by atoms with Crippen LogP contribution in [0.4, 0.5) is 0 Å². The fourth-order valence-electron chi connectivity index (χ4n) is 3.05. The van der Waals surface area contributed by atoms with Crippen LogP contribution in [0.5, 0.6) is 5.75 Å². The van der Waals surface area contributed by atoms with Crippen molar-refractivity contribution >= 4 is 0 Å². The molecule has 0 amide bonds. The van der Waals surface area contributed by atoms with E-state index in [4.69, 9.17) is 4.74 Å². The Kier molecular flexibility index (Phi) is 5.06. The van der Waals surface area contributed by atoms with Gasteiger partial charge >= 0.3 is 0 Å². The van der Waals surface area contributed by atoms with E-state index in [9.17, 15) is 0 Å². The first-order valence-corrected chi connectivity index (χ1v) is 7.23. The average molecular weight is 247 g/mol. The molecule has 1 saturated carbocycles. The monoisotopic (exact) mass is 247 g/mol. The highest BCUT2D eigenvalue weighted by atomic mass is 16.5. The van der Waals surface area contributed by atoms with Crippen molar-refractivity contribution in [1.82, 2.24) is 5.32 Å².